The molecule has 1 aliphatic heterocycles. The topological polar surface area (TPSA) is 90.9 Å². The molecule has 0 aliphatic carbocycles. The summed E-state index contributed by atoms with van der Waals surface area (Å²) in [6.45, 7) is 1.39. The van der Waals surface area contributed by atoms with Gasteiger partial charge in [-0.25, -0.2) is 4.79 Å². The van der Waals surface area contributed by atoms with Crippen molar-refractivity contribution in [1.82, 2.24) is 5.32 Å². The predicted octanol–water partition coefficient (Wildman–Crippen LogP) is 2.07. The second kappa shape index (κ2) is 9.74. The molecule has 0 spiro atoms. The lowest BCUT2D eigenvalue weighted by Crippen LogP contribution is -2.41. The molecule has 2 rings (SSSR count). The van der Waals surface area contributed by atoms with Crippen LogP contribution in [0.5, 0.6) is 0 Å². The molecule has 1 aliphatic rings. The van der Waals surface area contributed by atoms with E-state index in [-0.39, 0.29) is 19.1 Å². The number of hydrogen-bond donors (Lipinski definition) is 1. The lowest BCUT2D eigenvalue weighted by Gasteiger charge is -2.26. The average molecular weight is 371 g/mol. The van der Waals surface area contributed by atoms with Crippen LogP contribution in [0.4, 0.5) is 4.79 Å². The first-order valence-corrected chi connectivity index (χ1v) is 10.1. The van der Waals surface area contributed by atoms with Crippen LogP contribution in [0.1, 0.15) is 24.8 Å². The zero-order valence-electron chi connectivity index (χ0n) is 14.3. The van der Waals surface area contributed by atoms with Crippen molar-refractivity contribution in [2.75, 3.05) is 26.1 Å². The molecule has 0 radical (unpaired) electrons. The van der Waals surface area contributed by atoms with Crippen LogP contribution in [0.25, 0.3) is 0 Å². The van der Waals surface area contributed by atoms with E-state index in [0.717, 1.165) is 31.3 Å². The van der Waals surface area contributed by atoms with E-state index < -0.39 is 22.3 Å². The standard InChI is InChI=1S/C17H25NO6S/c1-25(20,21)24-13-16(10-15-8-5-9-22-11-15)18-17(19)23-12-14-6-3-2-4-7-14/h2-4,6-7,15-16H,5,8-13H2,1H3,(H,18,19)/t15-,16+/m1/s1. The van der Waals surface area contributed by atoms with Crippen molar-refractivity contribution in [3.63, 3.8) is 0 Å². The summed E-state index contributed by atoms with van der Waals surface area (Å²) in [7, 11) is -3.57. The van der Waals surface area contributed by atoms with E-state index in [1.807, 2.05) is 30.3 Å². The number of amides is 1. The van der Waals surface area contributed by atoms with Gasteiger partial charge >= 0.3 is 6.09 Å². The molecule has 0 unspecified atom stereocenters. The van der Waals surface area contributed by atoms with E-state index in [9.17, 15) is 13.2 Å². The number of carbonyl (C=O) groups excluding carboxylic acids is 1. The first kappa shape index (κ1) is 19.7. The van der Waals surface area contributed by atoms with Gasteiger partial charge in [-0.3, -0.25) is 4.18 Å². The van der Waals surface area contributed by atoms with Gasteiger partial charge in [0.2, 0.25) is 0 Å². The fourth-order valence-corrected chi connectivity index (χ4v) is 3.11. The van der Waals surface area contributed by atoms with Crippen molar-refractivity contribution >= 4 is 16.2 Å². The minimum absolute atomic E-state index is 0.115. The third-order valence-electron chi connectivity index (χ3n) is 3.89. The second-order valence-electron chi connectivity index (χ2n) is 6.21. The maximum atomic E-state index is 12.0. The number of hydrogen-bond acceptors (Lipinski definition) is 6. The number of alkyl carbamates (subject to hydrolysis) is 1. The van der Waals surface area contributed by atoms with Crippen molar-refractivity contribution in [3.05, 3.63) is 35.9 Å². The van der Waals surface area contributed by atoms with Gasteiger partial charge in [-0.2, -0.15) is 8.42 Å². The molecule has 2 atom stereocenters. The molecule has 1 N–H and O–H groups in total. The fourth-order valence-electron chi connectivity index (χ4n) is 2.70. The Labute approximate surface area is 148 Å². The van der Waals surface area contributed by atoms with Crippen molar-refractivity contribution in [2.45, 2.75) is 31.9 Å². The molecule has 1 saturated heterocycles. The Balaban J connectivity index is 1.85. The molecular formula is C17H25NO6S. The third-order valence-corrected chi connectivity index (χ3v) is 4.45. The molecule has 140 valence electrons. The zero-order valence-corrected chi connectivity index (χ0v) is 15.2. The van der Waals surface area contributed by atoms with Crippen molar-refractivity contribution in [2.24, 2.45) is 5.92 Å². The Morgan fingerprint density at radius 1 is 1.36 bits per heavy atom. The van der Waals surface area contributed by atoms with Crippen LogP contribution in [0.2, 0.25) is 0 Å². The molecule has 1 heterocycles. The summed E-state index contributed by atoms with van der Waals surface area (Å²) in [4.78, 5) is 12.0. The Bertz CT molecular complexity index is 628. The van der Waals surface area contributed by atoms with Gasteiger partial charge in [0.1, 0.15) is 6.61 Å². The maximum Gasteiger partial charge on any atom is 0.407 e. The highest BCUT2D eigenvalue weighted by Crippen LogP contribution is 2.19. The highest BCUT2D eigenvalue weighted by Gasteiger charge is 2.23. The van der Waals surface area contributed by atoms with Crippen molar-refractivity contribution in [1.29, 1.82) is 0 Å². The number of nitrogens with one attached hydrogen (secondary N) is 1. The van der Waals surface area contributed by atoms with Gasteiger partial charge in [0, 0.05) is 13.2 Å². The molecule has 7 nitrogen and oxygen atoms in total. The SMILES string of the molecule is CS(=O)(=O)OC[C@H](C[C@H]1CCCOC1)NC(=O)OCc1ccccc1. The maximum absolute atomic E-state index is 12.0. The number of benzene rings is 1. The molecule has 0 bridgehead atoms. The normalized spacial score (nSPS) is 19.2. The molecule has 1 amide bonds. The molecule has 8 heteroatoms. The van der Waals surface area contributed by atoms with E-state index in [4.69, 9.17) is 13.7 Å². The molecule has 1 aromatic carbocycles. The first-order chi connectivity index (χ1) is 11.9. The average Bonchev–Trinajstić information content (AvgIpc) is 2.59. The Morgan fingerprint density at radius 2 is 2.12 bits per heavy atom. The van der Waals surface area contributed by atoms with Crippen LogP contribution in [0.15, 0.2) is 30.3 Å². The van der Waals surface area contributed by atoms with Crippen LogP contribution < -0.4 is 5.32 Å². The van der Waals surface area contributed by atoms with Gasteiger partial charge in [0.15, 0.2) is 0 Å². The zero-order chi connectivity index (χ0) is 18.1. The van der Waals surface area contributed by atoms with E-state index in [1.54, 1.807) is 0 Å². The summed E-state index contributed by atoms with van der Waals surface area (Å²) < 4.78 is 38.0. The van der Waals surface area contributed by atoms with E-state index in [2.05, 4.69) is 5.32 Å². The highest BCUT2D eigenvalue weighted by molar-refractivity contribution is 7.85. The summed E-state index contributed by atoms with van der Waals surface area (Å²) in [5.74, 6) is 0.260. The molecule has 1 aromatic rings. The Hall–Kier alpha value is -1.64. The summed E-state index contributed by atoms with van der Waals surface area (Å²) >= 11 is 0. The van der Waals surface area contributed by atoms with E-state index in [1.165, 1.54) is 0 Å². The molecular weight excluding hydrogens is 346 g/mol. The summed E-state index contributed by atoms with van der Waals surface area (Å²) in [6.07, 6.45) is 2.92. The van der Waals surface area contributed by atoms with Crippen molar-refractivity contribution < 1.29 is 26.9 Å². The van der Waals surface area contributed by atoms with Crippen LogP contribution >= 0.6 is 0 Å². The van der Waals surface area contributed by atoms with Gasteiger partial charge in [-0.1, -0.05) is 30.3 Å². The quantitative estimate of drug-likeness (QED) is 0.704. The monoisotopic (exact) mass is 371 g/mol. The van der Waals surface area contributed by atoms with Gasteiger partial charge in [-0.15, -0.1) is 0 Å². The largest absolute Gasteiger partial charge is 0.445 e. The van der Waals surface area contributed by atoms with Crippen molar-refractivity contribution in [3.8, 4) is 0 Å². The summed E-state index contributed by atoms with van der Waals surface area (Å²) in [5, 5.41) is 2.70. The third kappa shape index (κ3) is 8.33. The lowest BCUT2D eigenvalue weighted by molar-refractivity contribution is 0.0443. The van der Waals surface area contributed by atoms with E-state index in [0.29, 0.717) is 13.0 Å². The van der Waals surface area contributed by atoms with Gasteiger partial charge in [-0.05, 0) is 30.7 Å². The minimum Gasteiger partial charge on any atom is -0.445 e. The second-order valence-corrected chi connectivity index (χ2v) is 7.85. The fraction of sp³-hybridized carbons (Fsp3) is 0.588. The Kier molecular flexibility index (Phi) is 7.67. The van der Waals surface area contributed by atoms with Crippen LogP contribution in [0.3, 0.4) is 0 Å². The van der Waals surface area contributed by atoms with Crippen LogP contribution in [-0.2, 0) is 30.4 Å². The molecule has 0 aromatic heterocycles. The molecule has 0 saturated carbocycles. The van der Waals surface area contributed by atoms with E-state index >= 15 is 0 Å². The summed E-state index contributed by atoms with van der Waals surface area (Å²) in [5.41, 5.74) is 0.877. The molecule has 25 heavy (non-hydrogen) atoms. The Morgan fingerprint density at radius 3 is 2.76 bits per heavy atom. The lowest BCUT2D eigenvalue weighted by atomic mass is 9.95. The van der Waals surface area contributed by atoms with Crippen LogP contribution in [-0.4, -0.2) is 46.6 Å². The van der Waals surface area contributed by atoms with Gasteiger partial charge < -0.3 is 14.8 Å². The molecule has 1 fully saturated rings. The predicted molar refractivity (Wildman–Crippen MR) is 92.5 cm³/mol. The van der Waals surface area contributed by atoms with Crippen LogP contribution in [0, 0.1) is 5.92 Å². The summed E-state index contributed by atoms with van der Waals surface area (Å²) in [6, 6.07) is 8.87. The number of carbonyl (C=O) groups is 1. The first-order valence-electron chi connectivity index (χ1n) is 8.32. The minimum atomic E-state index is -3.57. The van der Waals surface area contributed by atoms with Gasteiger partial charge in [0.05, 0.1) is 18.9 Å². The highest BCUT2D eigenvalue weighted by atomic mass is 32.2. The smallest absolute Gasteiger partial charge is 0.407 e. The number of ether oxygens (including phenoxy) is 2. The van der Waals surface area contributed by atoms with Gasteiger partial charge in [0.25, 0.3) is 10.1 Å². The number of rotatable bonds is 8.